The van der Waals surface area contributed by atoms with Gasteiger partial charge in [0.05, 0.1) is 13.7 Å². The molecule has 1 saturated heterocycles. The van der Waals surface area contributed by atoms with Gasteiger partial charge in [0.2, 0.25) is 0 Å². The Balaban J connectivity index is 1.33. The summed E-state index contributed by atoms with van der Waals surface area (Å²) in [5.74, 6) is 1.11. The molecule has 5 nitrogen and oxygen atoms in total. The molecule has 1 fully saturated rings. The third-order valence-electron chi connectivity index (χ3n) is 6.21. The highest BCUT2D eigenvalue weighted by Crippen LogP contribution is 2.22. The third kappa shape index (κ3) is 5.02. The van der Waals surface area contributed by atoms with Gasteiger partial charge in [-0.3, -0.25) is 9.69 Å². The molecule has 0 atom stereocenters. The molecular formula is C25H31N3O2S. The molecule has 3 aromatic rings. The molecule has 0 radical (unpaired) electrons. The van der Waals surface area contributed by atoms with Crippen LogP contribution >= 0.6 is 11.3 Å². The molecule has 0 spiro atoms. The number of aryl methyl sites for hydroxylation is 2. The van der Waals surface area contributed by atoms with E-state index in [2.05, 4.69) is 63.9 Å². The van der Waals surface area contributed by atoms with Gasteiger partial charge in [0, 0.05) is 60.2 Å². The van der Waals surface area contributed by atoms with Gasteiger partial charge in [-0.05, 0) is 62.0 Å². The van der Waals surface area contributed by atoms with E-state index < -0.39 is 0 Å². The van der Waals surface area contributed by atoms with Crippen molar-refractivity contribution in [3.05, 3.63) is 69.7 Å². The first-order valence-electron chi connectivity index (χ1n) is 10.9. The molecule has 1 aromatic carbocycles. The summed E-state index contributed by atoms with van der Waals surface area (Å²) in [5, 5.41) is 2.12. The van der Waals surface area contributed by atoms with E-state index in [0.717, 1.165) is 56.2 Å². The first kappa shape index (κ1) is 21.7. The maximum atomic E-state index is 13.1. The zero-order valence-corrected chi connectivity index (χ0v) is 19.5. The zero-order chi connectivity index (χ0) is 21.8. The Morgan fingerprint density at radius 1 is 1.06 bits per heavy atom. The average Bonchev–Trinajstić information content (AvgIpc) is 3.41. The van der Waals surface area contributed by atoms with Gasteiger partial charge in [-0.25, -0.2) is 0 Å². The highest BCUT2D eigenvalue weighted by Gasteiger charge is 2.22. The lowest BCUT2D eigenvalue weighted by molar-refractivity contribution is 0.0925. The first-order valence-corrected chi connectivity index (χ1v) is 11.8. The predicted octanol–water partition coefficient (Wildman–Crippen LogP) is 4.42. The minimum atomic E-state index is 0.230. The van der Waals surface area contributed by atoms with Crippen LogP contribution in [0.2, 0.25) is 0 Å². The van der Waals surface area contributed by atoms with Crippen molar-refractivity contribution < 1.29 is 9.53 Å². The predicted molar refractivity (Wildman–Crippen MR) is 128 cm³/mol. The number of hydrogen-bond donors (Lipinski definition) is 0. The van der Waals surface area contributed by atoms with Crippen LogP contribution in [-0.4, -0.2) is 55.1 Å². The van der Waals surface area contributed by atoms with Gasteiger partial charge >= 0.3 is 0 Å². The van der Waals surface area contributed by atoms with Crippen LogP contribution in [0.25, 0.3) is 0 Å². The molecule has 164 valence electrons. The summed E-state index contributed by atoms with van der Waals surface area (Å²) < 4.78 is 7.53. The maximum absolute atomic E-state index is 13.1. The van der Waals surface area contributed by atoms with Gasteiger partial charge in [-0.15, -0.1) is 11.3 Å². The van der Waals surface area contributed by atoms with Gasteiger partial charge in [-0.1, -0.05) is 6.07 Å². The van der Waals surface area contributed by atoms with Crippen molar-refractivity contribution in [3.8, 4) is 5.75 Å². The minimum absolute atomic E-state index is 0.230. The smallest absolute Gasteiger partial charge is 0.178 e. The largest absolute Gasteiger partial charge is 0.497 e. The highest BCUT2D eigenvalue weighted by molar-refractivity contribution is 7.09. The molecule has 0 aliphatic carbocycles. The van der Waals surface area contributed by atoms with E-state index in [9.17, 15) is 4.79 Å². The number of aromatic nitrogens is 1. The summed E-state index contributed by atoms with van der Waals surface area (Å²) in [7, 11) is 1.69. The quantitative estimate of drug-likeness (QED) is 0.489. The number of ketones is 1. The van der Waals surface area contributed by atoms with E-state index in [-0.39, 0.29) is 5.78 Å². The maximum Gasteiger partial charge on any atom is 0.178 e. The highest BCUT2D eigenvalue weighted by atomic mass is 32.1. The minimum Gasteiger partial charge on any atom is -0.497 e. The molecule has 4 rings (SSSR count). The lowest BCUT2D eigenvalue weighted by Crippen LogP contribution is -2.48. The molecule has 1 aliphatic heterocycles. The zero-order valence-electron chi connectivity index (χ0n) is 18.6. The normalized spacial score (nSPS) is 14.7. The number of methoxy groups -OCH3 is 1. The second kappa shape index (κ2) is 9.71. The summed E-state index contributed by atoms with van der Waals surface area (Å²) in [6.45, 7) is 9.25. The fourth-order valence-electron chi connectivity index (χ4n) is 4.35. The van der Waals surface area contributed by atoms with Crippen LogP contribution in [0.15, 0.2) is 47.8 Å². The summed E-state index contributed by atoms with van der Waals surface area (Å²) in [6, 6.07) is 14.5. The summed E-state index contributed by atoms with van der Waals surface area (Å²) in [6.07, 6.45) is 1.01. The molecule has 0 unspecified atom stereocenters. The molecule has 1 aliphatic rings. The van der Waals surface area contributed by atoms with Crippen molar-refractivity contribution in [1.82, 2.24) is 9.47 Å². The summed E-state index contributed by atoms with van der Waals surface area (Å²) >= 11 is 1.79. The van der Waals surface area contributed by atoms with Crippen LogP contribution in [-0.2, 0) is 13.0 Å². The van der Waals surface area contributed by atoms with Crippen LogP contribution in [0.4, 0.5) is 5.69 Å². The van der Waals surface area contributed by atoms with E-state index in [4.69, 9.17) is 4.74 Å². The van der Waals surface area contributed by atoms with Crippen molar-refractivity contribution in [2.75, 3.05) is 44.7 Å². The number of carbonyl (C=O) groups is 1. The van der Waals surface area contributed by atoms with Crippen molar-refractivity contribution >= 4 is 22.8 Å². The fraction of sp³-hybridized carbons (Fsp3) is 0.400. The first-order chi connectivity index (χ1) is 15.0. The third-order valence-corrected chi connectivity index (χ3v) is 7.15. The van der Waals surface area contributed by atoms with E-state index >= 15 is 0 Å². The molecule has 0 amide bonds. The lowest BCUT2D eigenvalue weighted by Gasteiger charge is -2.35. The number of nitrogens with zero attached hydrogens (tertiary/aromatic N) is 3. The van der Waals surface area contributed by atoms with Crippen LogP contribution in [0.1, 0.15) is 26.6 Å². The van der Waals surface area contributed by atoms with E-state index in [1.807, 2.05) is 12.1 Å². The number of carbonyl (C=O) groups excluding carboxylic acids is 1. The second-order valence-corrected chi connectivity index (χ2v) is 9.18. The fourth-order valence-corrected chi connectivity index (χ4v) is 5.05. The number of rotatable bonds is 8. The number of ether oxygens (including phenoxy) is 1. The van der Waals surface area contributed by atoms with Crippen LogP contribution in [0, 0.1) is 13.8 Å². The van der Waals surface area contributed by atoms with E-state index in [1.54, 1.807) is 18.4 Å². The second-order valence-electron chi connectivity index (χ2n) is 8.15. The number of hydrogen-bond acceptors (Lipinski definition) is 5. The van der Waals surface area contributed by atoms with Crippen molar-refractivity contribution in [2.45, 2.75) is 26.8 Å². The molecule has 0 bridgehead atoms. The molecule has 6 heteroatoms. The Morgan fingerprint density at radius 3 is 2.45 bits per heavy atom. The average molecular weight is 438 g/mol. The van der Waals surface area contributed by atoms with Crippen LogP contribution in [0.3, 0.4) is 0 Å². The number of anilines is 1. The summed E-state index contributed by atoms with van der Waals surface area (Å²) in [5.41, 5.74) is 4.35. The standard InChI is InChI=1S/C25H31N3O2S/c1-19-17-24(20(2)28(19)11-10-23-5-4-16-31-23)25(29)18-26-12-14-27(15-13-26)21-6-8-22(30-3)9-7-21/h4-9,16-17H,10-15,18H2,1-3H3. The Bertz CT molecular complexity index is 1000. The Hall–Kier alpha value is -2.57. The molecular weight excluding hydrogens is 406 g/mol. The Labute approximate surface area is 188 Å². The molecule has 3 heterocycles. The number of thiophene rings is 1. The van der Waals surface area contributed by atoms with Crippen molar-refractivity contribution in [2.24, 2.45) is 0 Å². The number of benzene rings is 1. The topological polar surface area (TPSA) is 37.7 Å². The number of piperazine rings is 1. The molecule has 2 aromatic heterocycles. The van der Waals surface area contributed by atoms with Crippen LogP contribution < -0.4 is 9.64 Å². The molecule has 0 saturated carbocycles. The summed E-state index contributed by atoms with van der Waals surface area (Å²) in [4.78, 5) is 19.1. The lowest BCUT2D eigenvalue weighted by atomic mass is 10.1. The van der Waals surface area contributed by atoms with Gasteiger partial charge in [0.1, 0.15) is 5.75 Å². The van der Waals surface area contributed by atoms with Gasteiger partial charge in [-0.2, -0.15) is 0 Å². The van der Waals surface area contributed by atoms with E-state index in [0.29, 0.717) is 6.54 Å². The molecule has 31 heavy (non-hydrogen) atoms. The van der Waals surface area contributed by atoms with Crippen molar-refractivity contribution in [1.29, 1.82) is 0 Å². The van der Waals surface area contributed by atoms with Gasteiger partial charge < -0.3 is 14.2 Å². The van der Waals surface area contributed by atoms with E-state index in [1.165, 1.54) is 16.3 Å². The Kier molecular flexibility index (Phi) is 6.78. The SMILES string of the molecule is COc1ccc(N2CCN(CC(=O)c3cc(C)n(CCc4cccs4)c3C)CC2)cc1. The van der Waals surface area contributed by atoms with Crippen LogP contribution in [0.5, 0.6) is 5.75 Å². The number of Topliss-reactive ketones (excluding diaryl/α,β-unsaturated/α-hetero) is 1. The van der Waals surface area contributed by atoms with Crippen molar-refractivity contribution in [3.63, 3.8) is 0 Å². The van der Waals surface area contributed by atoms with Gasteiger partial charge in [0.25, 0.3) is 0 Å². The van der Waals surface area contributed by atoms with Gasteiger partial charge in [0.15, 0.2) is 5.78 Å². The Morgan fingerprint density at radius 2 is 1.81 bits per heavy atom. The molecule has 0 N–H and O–H groups in total. The monoisotopic (exact) mass is 437 g/mol.